The Labute approximate surface area is 81.7 Å². The van der Waals surface area contributed by atoms with E-state index in [-0.39, 0.29) is 0 Å². The van der Waals surface area contributed by atoms with E-state index in [4.69, 9.17) is 0 Å². The van der Waals surface area contributed by atoms with Gasteiger partial charge in [0.1, 0.15) is 0 Å². The minimum Gasteiger partial charge on any atom is -0.0845 e. The van der Waals surface area contributed by atoms with Gasteiger partial charge in [0, 0.05) is 0 Å². The first kappa shape index (κ1) is 9.05. The highest BCUT2D eigenvalue weighted by Gasteiger charge is 2.30. The molecule has 1 saturated carbocycles. The molecule has 13 heavy (non-hydrogen) atoms. The Balaban J connectivity index is 2.09. The zero-order valence-corrected chi connectivity index (χ0v) is 8.68. The van der Waals surface area contributed by atoms with Crippen molar-refractivity contribution in [2.24, 2.45) is 5.41 Å². The molecule has 0 radical (unpaired) electrons. The molecule has 0 heterocycles. The van der Waals surface area contributed by atoms with E-state index in [0.717, 1.165) is 0 Å². The fourth-order valence-electron chi connectivity index (χ4n) is 2.76. The second kappa shape index (κ2) is 3.69. The van der Waals surface area contributed by atoms with Gasteiger partial charge in [0.25, 0.3) is 0 Å². The third kappa shape index (κ3) is 1.87. The molecule has 0 aromatic heterocycles. The Bertz CT molecular complexity index is 226. The van der Waals surface area contributed by atoms with E-state index in [2.05, 4.69) is 25.2 Å². The molecular weight excluding hydrogens is 156 g/mol. The summed E-state index contributed by atoms with van der Waals surface area (Å²) >= 11 is 0. The molecule has 72 valence electrons. The first-order valence-corrected chi connectivity index (χ1v) is 5.69. The number of rotatable bonds is 0. The van der Waals surface area contributed by atoms with Gasteiger partial charge in [-0.3, -0.25) is 0 Å². The maximum Gasteiger partial charge on any atom is -0.0112 e. The monoisotopic (exact) mass is 176 g/mol. The Kier molecular flexibility index (Phi) is 2.57. The SMILES string of the molecule is CC=C1C=CC2(CCCCC2)CC1. The van der Waals surface area contributed by atoms with Gasteiger partial charge in [0.15, 0.2) is 0 Å². The summed E-state index contributed by atoms with van der Waals surface area (Å²) in [6.45, 7) is 2.15. The molecule has 0 amide bonds. The Hall–Kier alpha value is -0.520. The van der Waals surface area contributed by atoms with E-state index < -0.39 is 0 Å². The quantitative estimate of drug-likeness (QED) is 0.518. The van der Waals surface area contributed by atoms with Gasteiger partial charge in [-0.1, -0.05) is 43.1 Å². The third-order valence-corrected chi connectivity index (χ3v) is 3.78. The molecule has 0 atom stereocenters. The van der Waals surface area contributed by atoms with Gasteiger partial charge < -0.3 is 0 Å². The average Bonchev–Trinajstić information content (AvgIpc) is 2.20. The minimum absolute atomic E-state index is 0.616. The Morgan fingerprint density at radius 2 is 1.92 bits per heavy atom. The van der Waals surface area contributed by atoms with E-state index in [1.165, 1.54) is 50.5 Å². The van der Waals surface area contributed by atoms with E-state index >= 15 is 0 Å². The summed E-state index contributed by atoms with van der Waals surface area (Å²) in [5.41, 5.74) is 2.15. The van der Waals surface area contributed by atoms with Gasteiger partial charge in [-0.05, 0) is 38.0 Å². The van der Waals surface area contributed by atoms with Crippen LogP contribution in [0.25, 0.3) is 0 Å². The van der Waals surface area contributed by atoms with Crippen LogP contribution in [0, 0.1) is 5.41 Å². The first-order chi connectivity index (χ1) is 6.35. The molecule has 0 bridgehead atoms. The molecule has 2 rings (SSSR count). The lowest BCUT2D eigenvalue weighted by atomic mass is 9.68. The number of allylic oxidation sites excluding steroid dienone is 4. The van der Waals surface area contributed by atoms with Gasteiger partial charge in [-0.15, -0.1) is 0 Å². The molecule has 0 unspecified atom stereocenters. The van der Waals surface area contributed by atoms with Crippen molar-refractivity contribution in [1.29, 1.82) is 0 Å². The zero-order valence-electron chi connectivity index (χ0n) is 8.68. The molecule has 2 aliphatic rings. The molecule has 0 aliphatic heterocycles. The summed E-state index contributed by atoms with van der Waals surface area (Å²) < 4.78 is 0. The molecule has 0 heteroatoms. The van der Waals surface area contributed by atoms with Crippen molar-refractivity contribution in [2.45, 2.75) is 51.9 Å². The van der Waals surface area contributed by atoms with E-state index in [0.29, 0.717) is 5.41 Å². The zero-order chi connectivity index (χ0) is 9.15. The van der Waals surface area contributed by atoms with Gasteiger partial charge in [0.2, 0.25) is 0 Å². The Morgan fingerprint density at radius 1 is 1.15 bits per heavy atom. The van der Waals surface area contributed by atoms with E-state index in [1.807, 2.05) is 0 Å². The van der Waals surface area contributed by atoms with Crippen molar-refractivity contribution >= 4 is 0 Å². The summed E-state index contributed by atoms with van der Waals surface area (Å²) in [6.07, 6.45) is 17.1. The topological polar surface area (TPSA) is 0 Å². The van der Waals surface area contributed by atoms with Gasteiger partial charge in [-0.2, -0.15) is 0 Å². The molecular formula is C13H20. The van der Waals surface area contributed by atoms with Crippen LogP contribution >= 0.6 is 0 Å². The highest BCUT2D eigenvalue weighted by molar-refractivity contribution is 5.25. The van der Waals surface area contributed by atoms with Crippen LogP contribution in [0.1, 0.15) is 51.9 Å². The summed E-state index contributed by atoms with van der Waals surface area (Å²) in [5, 5.41) is 0. The van der Waals surface area contributed by atoms with Gasteiger partial charge >= 0.3 is 0 Å². The van der Waals surface area contributed by atoms with Crippen LogP contribution in [0.2, 0.25) is 0 Å². The largest absolute Gasteiger partial charge is 0.0845 e. The van der Waals surface area contributed by atoms with Gasteiger partial charge in [-0.25, -0.2) is 0 Å². The first-order valence-electron chi connectivity index (χ1n) is 5.69. The average molecular weight is 176 g/mol. The van der Waals surface area contributed by atoms with Gasteiger partial charge in [0.05, 0.1) is 0 Å². The highest BCUT2D eigenvalue weighted by Crippen LogP contribution is 2.44. The maximum absolute atomic E-state index is 2.50. The molecule has 0 aromatic rings. The van der Waals surface area contributed by atoms with Crippen LogP contribution in [0.5, 0.6) is 0 Å². The minimum atomic E-state index is 0.616. The standard InChI is InChI=1S/C13H20/c1-2-12-6-10-13(11-7-12)8-4-3-5-9-13/h2,6,10H,3-5,7-9,11H2,1H3. The number of hydrogen-bond acceptors (Lipinski definition) is 0. The van der Waals surface area contributed by atoms with Crippen LogP contribution in [-0.4, -0.2) is 0 Å². The molecule has 0 aromatic carbocycles. The van der Waals surface area contributed by atoms with Crippen LogP contribution in [-0.2, 0) is 0 Å². The van der Waals surface area contributed by atoms with Crippen molar-refractivity contribution in [3.63, 3.8) is 0 Å². The van der Waals surface area contributed by atoms with Crippen LogP contribution < -0.4 is 0 Å². The number of hydrogen-bond donors (Lipinski definition) is 0. The summed E-state index contributed by atoms with van der Waals surface area (Å²) in [4.78, 5) is 0. The fourth-order valence-corrected chi connectivity index (χ4v) is 2.76. The predicted molar refractivity (Wildman–Crippen MR) is 57.6 cm³/mol. The molecule has 2 aliphatic carbocycles. The van der Waals surface area contributed by atoms with Crippen LogP contribution in [0.3, 0.4) is 0 Å². The molecule has 0 N–H and O–H groups in total. The van der Waals surface area contributed by atoms with Crippen molar-refractivity contribution in [3.8, 4) is 0 Å². The summed E-state index contributed by atoms with van der Waals surface area (Å²) in [7, 11) is 0. The molecule has 0 saturated heterocycles. The predicted octanol–water partition coefficient (Wildman–Crippen LogP) is 4.23. The second-order valence-electron chi connectivity index (χ2n) is 4.62. The third-order valence-electron chi connectivity index (χ3n) is 3.78. The molecule has 0 nitrogen and oxygen atoms in total. The highest BCUT2D eigenvalue weighted by atomic mass is 14.4. The normalized spacial score (nSPS) is 29.8. The van der Waals surface area contributed by atoms with Crippen molar-refractivity contribution < 1.29 is 0 Å². The van der Waals surface area contributed by atoms with Crippen molar-refractivity contribution in [1.82, 2.24) is 0 Å². The summed E-state index contributed by atoms with van der Waals surface area (Å²) in [6, 6.07) is 0. The maximum atomic E-state index is 2.50. The molecule has 1 spiro atoms. The fraction of sp³-hybridized carbons (Fsp3) is 0.692. The second-order valence-corrected chi connectivity index (χ2v) is 4.62. The molecule has 1 fully saturated rings. The smallest absolute Gasteiger partial charge is 0.0112 e. The van der Waals surface area contributed by atoms with Crippen molar-refractivity contribution in [3.05, 3.63) is 23.8 Å². The van der Waals surface area contributed by atoms with Crippen LogP contribution in [0.15, 0.2) is 23.8 Å². The van der Waals surface area contributed by atoms with E-state index in [9.17, 15) is 0 Å². The summed E-state index contributed by atoms with van der Waals surface area (Å²) in [5.74, 6) is 0. The van der Waals surface area contributed by atoms with Crippen LogP contribution in [0.4, 0.5) is 0 Å². The lowest BCUT2D eigenvalue weighted by Gasteiger charge is -2.37. The van der Waals surface area contributed by atoms with Crippen molar-refractivity contribution in [2.75, 3.05) is 0 Å². The Morgan fingerprint density at radius 3 is 2.46 bits per heavy atom. The lowest BCUT2D eigenvalue weighted by molar-refractivity contribution is 0.235. The lowest BCUT2D eigenvalue weighted by Crippen LogP contribution is -2.23. The van der Waals surface area contributed by atoms with E-state index in [1.54, 1.807) is 0 Å².